The van der Waals surface area contributed by atoms with Gasteiger partial charge in [-0.15, -0.1) is 0 Å². The van der Waals surface area contributed by atoms with E-state index in [4.69, 9.17) is 14.9 Å². The summed E-state index contributed by atoms with van der Waals surface area (Å²) >= 11 is 0. The van der Waals surface area contributed by atoms with Gasteiger partial charge in [-0.05, 0) is 12.8 Å². The van der Waals surface area contributed by atoms with Crippen LogP contribution in [0.2, 0.25) is 0 Å². The lowest BCUT2D eigenvalue weighted by molar-refractivity contribution is -0.249. The second-order valence-electron chi connectivity index (χ2n) is 5.73. The fourth-order valence-corrected chi connectivity index (χ4v) is 3.90. The number of hydrogen-bond donors (Lipinski definition) is 1. The highest BCUT2D eigenvalue weighted by atomic mass is 16.7. The molecule has 3 rings (SSSR count). The molecule has 0 aromatic heterocycles. The molecule has 3 aliphatic rings. The van der Waals surface area contributed by atoms with Gasteiger partial charge in [0.05, 0.1) is 30.7 Å². The summed E-state index contributed by atoms with van der Waals surface area (Å²) in [6, 6.07) is 5.97. The summed E-state index contributed by atoms with van der Waals surface area (Å²) in [6.07, 6.45) is 4.05. The smallest absolute Gasteiger partial charge is 0.217 e. The van der Waals surface area contributed by atoms with Gasteiger partial charge in [0.2, 0.25) is 11.7 Å². The SMILES string of the molecule is N#CC1(C#N)CO[C@]23CCCCC[C@H]2[C@@]1(C#N)C(=N)O3. The summed E-state index contributed by atoms with van der Waals surface area (Å²) in [5, 5.41) is 36.8. The highest BCUT2D eigenvalue weighted by molar-refractivity contribution is 5.88. The third kappa shape index (κ3) is 1.17. The molecule has 3 fully saturated rings. The topological polar surface area (TPSA) is 114 Å². The highest BCUT2D eigenvalue weighted by Crippen LogP contribution is 2.63. The number of rotatable bonds is 0. The number of nitrogens with one attached hydrogen (secondary N) is 1. The molecule has 0 radical (unpaired) electrons. The van der Waals surface area contributed by atoms with Crippen molar-refractivity contribution < 1.29 is 9.47 Å². The first-order valence-electron chi connectivity index (χ1n) is 6.76. The molecule has 1 N–H and O–H groups in total. The molecule has 6 heteroatoms. The zero-order chi connectivity index (χ0) is 14.4. The summed E-state index contributed by atoms with van der Waals surface area (Å²) in [6.45, 7) is -0.174. The lowest BCUT2D eigenvalue weighted by Crippen LogP contribution is -2.58. The molecule has 3 atom stereocenters. The van der Waals surface area contributed by atoms with Gasteiger partial charge in [0.15, 0.2) is 10.8 Å². The molecule has 0 aromatic rings. The van der Waals surface area contributed by atoms with Gasteiger partial charge in [-0.25, -0.2) is 0 Å². The maximum atomic E-state index is 9.74. The van der Waals surface area contributed by atoms with Crippen molar-refractivity contribution in [2.75, 3.05) is 6.61 Å². The largest absolute Gasteiger partial charge is 0.447 e. The zero-order valence-corrected chi connectivity index (χ0v) is 11.0. The minimum atomic E-state index is -1.66. The van der Waals surface area contributed by atoms with E-state index in [0.29, 0.717) is 12.8 Å². The van der Waals surface area contributed by atoms with Crippen molar-refractivity contribution in [1.82, 2.24) is 0 Å². The van der Waals surface area contributed by atoms with E-state index < -0.39 is 22.5 Å². The molecule has 0 unspecified atom stereocenters. The van der Waals surface area contributed by atoms with E-state index in [1.165, 1.54) is 0 Å². The maximum absolute atomic E-state index is 9.74. The van der Waals surface area contributed by atoms with Gasteiger partial charge in [0.25, 0.3) is 0 Å². The Labute approximate surface area is 117 Å². The van der Waals surface area contributed by atoms with Crippen molar-refractivity contribution in [3.63, 3.8) is 0 Å². The van der Waals surface area contributed by atoms with Gasteiger partial charge in [0, 0.05) is 6.42 Å². The zero-order valence-electron chi connectivity index (χ0n) is 11.0. The van der Waals surface area contributed by atoms with E-state index in [9.17, 15) is 15.8 Å². The van der Waals surface area contributed by atoms with Crippen LogP contribution in [0, 0.1) is 56.2 Å². The fraction of sp³-hybridized carbons (Fsp3) is 0.714. The maximum Gasteiger partial charge on any atom is 0.217 e. The van der Waals surface area contributed by atoms with Crippen LogP contribution in [0.3, 0.4) is 0 Å². The molecule has 2 bridgehead atoms. The van der Waals surface area contributed by atoms with Crippen LogP contribution in [0.25, 0.3) is 0 Å². The highest BCUT2D eigenvalue weighted by Gasteiger charge is 2.76. The molecule has 0 amide bonds. The molecule has 0 spiro atoms. The van der Waals surface area contributed by atoms with Gasteiger partial charge in [0.1, 0.15) is 0 Å². The van der Waals surface area contributed by atoms with E-state index in [2.05, 4.69) is 6.07 Å². The fourth-order valence-electron chi connectivity index (χ4n) is 3.90. The Kier molecular flexibility index (Phi) is 2.55. The van der Waals surface area contributed by atoms with Gasteiger partial charge in [-0.2, -0.15) is 15.8 Å². The van der Waals surface area contributed by atoms with E-state index in [1.54, 1.807) is 0 Å². The summed E-state index contributed by atoms with van der Waals surface area (Å²) < 4.78 is 11.4. The van der Waals surface area contributed by atoms with E-state index >= 15 is 0 Å². The lowest BCUT2D eigenvalue weighted by Gasteiger charge is -2.44. The van der Waals surface area contributed by atoms with Crippen molar-refractivity contribution in [1.29, 1.82) is 21.2 Å². The third-order valence-electron chi connectivity index (χ3n) is 4.97. The number of nitriles is 3. The van der Waals surface area contributed by atoms with Crippen LogP contribution < -0.4 is 0 Å². The van der Waals surface area contributed by atoms with Crippen molar-refractivity contribution in [3.8, 4) is 18.2 Å². The molecule has 1 aliphatic carbocycles. The average Bonchev–Trinajstić information content (AvgIpc) is 2.63. The van der Waals surface area contributed by atoms with Crippen LogP contribution in [0.15, 0.2) is 0 Å². The Morgan fingerprint density at radius 3 is 2.50 bits per heavy atom. The van der Waals surface area contributed by atoms with Crippen LogP contribution in [-0.4, -0.2) is 18.3 Å². The normalized spacial score (nSPS) is 41.2. The second-order valence-corrected chi connectivity index (χ2v) is 5.73. The Morgan fingerprint density at radius 2 is 1.85 bits per heavy atom. The minimum Gasteiger partial charge on any atom is -0.447 e. The number of hydrogen-bond acceptors (Lipinski definition) is 6. The summed E-state index contributed by atoms with van der Waals surface area (Å²) in [7, 11) is 0. The van der Waals surface area contributed by atoms with Crippen molar-refractivity contribution in [2.24, 2.45) is 16.7 Å². The first-order chi connectivity index (χ1) is 9.61. The molecule has 2 heterocycles. The van der Waals surface area contributed by atoms with Crippen LogP contribution in [0.4, 0.5) is 0 Å². The Bertz CT molecular complexity index is 582. The quantitative estimate of drug-likeness (QED) is 0.721. The molecule has 2 aliphatic heterocycles. The first kappa shape index (κ1) is 12.9. The summed E-state index contributed by atoms with van der Waals surface area (Å²) in [5.74, 6) is -1.67. The van der Waals surface area contributed by atoms with Crippen molar-refractivity contribution in [3.05, 3.63) is 0 Å². The van der Waals surface area contributed by atoms with Crippen molar-refractivity contribution >= 4 is 5.90 Å². The van der Waals surface area contributed by atoms with Crippen molar-refractivity contribution in [2.45, 2.75) is 37.9 Å². The van der Waals surface area contributed by atoms with Gasteiger partial charge in [-0.3, -0.25) is 5.41 Å². The lowest BCUT2D eigenvalue weighted by atomic mass is 9.56. The molecule has 6 nitrogen and oxygen atoms in total. The van der Waals surface area contributed by atoms with E-state index in [-0.39, 0.29) is 12.5 Å². The van der Waals surface area contributed by atoms with Gasteiger partial charge < -0.3 is 9.47 Å². The molecule has 2 saturated heterocycles. The Balaban J connectivity index is 2.23. The molecule has 20 heavy (non-hydrogen) atoms. The van der Waals surface area contributed by atoms with E-state index in [0.717, 1.165) is 19.3 Å². The molecule has 102 valence electrons. The minimum absolute atomic E-state index is 0.174. The molecule has 1 saturated carbocycles. The number of nitrogens with zero attached hydrogens (tertiary/aromatic N) is 3. The van der Waals surface area contributed by atoms with Crippen LogP contribution in [0.5, 0.6) is 0 Å². The average molecular weight is 270 g/mol. The monoisotopic (exact) mass is 270 g/mol. The van der Waals surface area contributed by atoms with Gasteiger partial charge >= 0.3 is 0 Å². The molecule has 0 aromatic carbocycles. The summed E-state index contributed by atoms with van der Waals surface area (Å²) in [4.78, 5) is 0. The summed E-state index contributed by atoms with van der Waals surface area (Å²) in [5.41, 5.74) is -3.16. The van der Waals surface area contributed by atoms with Crippen LogP contribution in [0.1, 0.15) is 32.1 Å². The standard InChI is InChI=1S/C14H14N4O2/c15-6-12(7-16)9-19-14-5-3-1-2-4-10(14)13(12,8-17)11(18)20-14/h10,18H,1-5,9H2/t10-,13-,14-/m0/s1. The van der Waals surface area contributed by atoms with Gasteiger partial charge in [-0.1, -0.05) is 12.8 Å². The first-order valence-corrected chi connectivity index (χ1v) is 6.76. The predicted octanol–water partition coefficient (Wildman–Crippen LogP) is 1.84. The number of ether oxygens (including phenoxy) is 2. The second kappa shape index (κ2) is 3.95. The molecular weight excluding hydrogens is 256 g/mol. The van der Waals surface area contributed by atoms with Crippen LogP contribution in [-0.2, 0) is 9.47 Å². The van der Waals surface area contributed by atoms with Crippen LogP contribution >= 0.6 is 0 Å². The Morgan fingerprint density at radius 1 is 1.10 bits per heavy atom. The predicted molar refractivity (Wildman–Crippen MR) is 65.8 cm³/mol. The Hall–Kier alpha value is -2.10. The van der Waals surface area contributed by atoms with E-state index in [1.807, 2.05) is 12.1 Å². The third-order valence-corrected chi connectivity index (χ3v) is 4.97. The molecular formula is C14H14N4O2.